The third-order valence-electron chi connectivity index (χ3n) is 2.80. The first-order valence-electron chi connectivity index (χ1n) is 6.49. The number of amides is 1. The van der Waals surface area contributed by atoms with Crippen molar-refractivity contribution in [1.82, 2.24) is 0 Å². The van der Waals surface area contributed by atoms with E-state index >= 15 is 0 Å². The smallest absolute Gasteiger partial charge is 0.339 e. The first kappa shape index (κ1) is 17.2. The summed E-state index contributed by atoms with van der Waals surface area (Å²) in [5.74, 6) is -2.17. The van der Waals surface area contributed by atoms with E-state index in [-0.39, 0.29) is 23.0 Å². The van der Waals surface area contributed by atoms with Gasteiger partial charge in [0.15, 0.2) is 5.96 Å². The van der Waals surface area contributed by atoms with Gasteiger partial charge in [-0.25, -0.2) is 4.79 Å². The summed E-state index contributed by atoms with van der Waals surface area (Å²) in [5, 5.41) is 20.8. The summed E-state index contributed by atoms with van der Waals surface area (Å²) in [6, 6.07) is 2.94. The molecule has 22 heavy (non-hydrogen) atoms. The topological polar surface area (TPSA) is 177 Å². The van der Waals surface area contributed by atoms with Crippen molar-refractivity contribution in [2.24, 2.45) is 22.2 Å². The van der Waals surface area contributed by atoms with E-state index in [4.69, 9.17) is 22.3 Å². The molecular formula is C13H19N5O4. The van der Waals surface area contributed by atoms with Gasteiger partial charge in [-0.3, -0.25) is 9.79 Å². The first-order valence-corrected chi connectivity index (χ1v) is 6.49. The highest BCUT2D eigenvalue weighted by molar-refractivity contribution is 5.97. The predicted octanol–water partition coefficient (Wildman–Crippen LogP) is -0.590. The molecule has 0 unspecified atom stereocenters. The Balaban J connectivity index is 2.59. The van der Waals surface area contributed by atoms with E-state index in [0.717, 1.165) is 6.07 Å². The number of phenols is 1. The van der Waals surface area contributed by atoms with E-state index < -0.39 is 17.9 Å². The van der Waals surface area contributed by atoms with Gasteiger partial charge in [-0.05, 0) is 31.0 Å². The van der Waals surface area contributed by atoms with E-state index in [1.807, 2.05) is 0 Å². The molecule has 9 heteroatoms. The Morgan fingerprint density at radius 1 is 1.32 bits per heavy atom. The minimum atomic E-state index is -1.30. The molecule has 120 valence electrons. The third kappa shape index (κ3) is 5.29. The highest BCUT2D eigenvalue weighted by atomic mass is 16.4. The molecule has 0 fully saturated rings. The van der Waals surface area contributed by atoms with Gasteiger partial charge in [-0.2, -0.15) is 0 Å². The zero-order chi connectivity index (χ0) is 16.7. The van der Waals surface area contributed by atoms with Gasteiger partial charge in [-0.1, -0.05) is 0 Å². The van der Waals surface area contributed by atoms with Crippen molar-refractivity contribution in [1.29, 1.82) is 0 Å². The number of guanidine groups is 1. The number of carboxylic acid groups (broad SMARTS) is 1. The van der Waals surface area contributed by atoms with Crippen molar-refractivity contribution in [2.45, 2.75) is 18.9 Å². The number of carbonyl (C=O) groups excluding carboxylic acids is 1. The molecule has 0 saturated carbocycles. The molecule has 1 amide bonds. The summed E-state index contributed by atoms with van der Waals surface area (Å²) in [6.07, 6.45) is 0.898. The molecule has 0 spiro atoms. The van der Waals surface area contributed by atoms with Crippen LogP contribution in [0.3, 0.4) is 0 Å². The van der Waals surface area contributed by atoms with Crippen molar-refractivity contribution in [3.63, 3.8) is 0 Å². The standard InChI is InChI=1S/C13H19N5O4/c14-9(2-1-5-17-13(15)16)11(20)18-7-3-4-10(19)8(6-7)12(21)22/h3-4,6,9,19H,1-2,5,14H2,(H,18,20)(H,21,22)(H4,15,16,17)/t9-/m0/s1. The number of carbonyl (C=O) groups is 2. The maximum atomic E-state index is 11.9. The Hall–Kier alpha value is -2.81. The van der Waals surface area contributed by atoms with Gasteiger partial charge >= 0.3 is 5.97 Å². The van der Waals surface area contributed by atoms with E-state index in [1.54, 1.807) is 0 Å². The van der Waals surface area contributed by atoms with Gasteiger partial charge < -0.3 is 32.7 Å². The highest BCUT2D eigenvalue weighted by Gasteiger charge is 2.15. The molecule has 1 aromatic rings. The minimum absolute atomic E-state index is 0.0247. The lowest BCUT2D eigenvalue weighted by atomic mass is 10.1. The summed E-state index contributed by atoms with van der Waals surface area (Å²) < 4.78 is 0. The van der Waals surface area contributed by atoms with Crippen LogP contribution >= 0.6 is 0 Å². The van der Waals surface area contributed by atoms with Gasteiger partial charge in [0.25, 0.3) is 0 Å². The van der Waals surface area contributed by atoms with Gasteiger partial charge in [0.05, 0.1) is 6.04 Å². The third-order valence-corrected chi connectivity index (χ3v) is 2.80. The minimum Gasteiger partial charge on any atom is -0.507 e. The van der Waals surface area contributed by atoms with Crippen molar-refractivity contribution < 1.29 is 19.8 Å². The van der Waals surface area contributed by atoms with Crippen LogP contribution in [-0.2, 0) is 4.79 Å². The summed E-state index contributed by atoms with van der Waals surface area (Å²) in [4.78, 5) is 26.5. The van der Waals surface area contributed by atoms with Crippen LogP contribution < -0.4 is 22.5 Å². The fraction of sp³-hybridized carbons (Fsp3) is 0.308. The number of hydrogen-bond acceptors (Lipinski definition) is 5. The quantitative estimate of drug-likeness (QED) is 0.169. The number of aliphatic imine (C=N–C) groups is 1. The molecule has 0 aliphatic heterocycles. The molecule has 1 aromatic carbocycles. The number of benzene rings is 1. The lowest BCUT2D eigenvalue weighted by Gasteiger charge is -2.12. The normalized spacial score (nSPS) is 11.5. The van der Waals surface area contributed by atoms with Crippen LogP contribution in [0.2, 0.25) is 0 Å². The zero-order valence-electron chi connectivity index (χ0n) is 11.8. The molecule has 0 aliphatic carbocycles. The van der Waals surface area contributed by atoms with Crippen molar-refractivity contribution in [2.75, 3.05) is 11.9 Å². The van der Waals surface area contributed by atoms with Crippen LogP contribution in [0, 0.1) is 0 Å². The van der Waals surface area contributed by atoms with Crippen LogP contribution in [0.15, 0.2) is 23.2 Å². The molecular weight excluding hydrogens is 290 g/mol. The summed E-state index contributed by atoms with van der Waals surface area (Å²) in [6.45, 7) is 0.367. The van der Waals surface area contributed by atoms with Crippen LogP contribution in [0.25, 0.3) is 0 Å². The predicted molar refractivity (Wildman–Crippen MR) is 81.6 cm³/mol. The number of nitrogens with one attached hydrogen (secondary N) is 1. The van der Waals surface area contributed by atoms with Crippen molar-refractivity contribution >= 4 is 23.5 Å². The molecule has 0 bridgehead atoms. The SMILES string of the molecule is NC(N)=NCCC[C@H](N)C(=O)Nc1ccc(O)c(C(=O)O)c1. The molecule has 0 aliphatic rings. The lowest BCUT2D eigenvalue weighted by Crippen LogP contribution is -2.35. The monoisotopic (exact) mass is 309 g/mol. The second kappa shape index (κ2) is 7.84. The number of aromatic carboxylic acids is 1. The number of anilines is 1. The number of rotatable bonds is 7. The Labute approximate surface area is 126 Å². The van der Waals surface area contributed by atoms with Crippen LogP contribution in [0.5, 0.6) is 5.75 Å². The van der Waals surface area contributed by atoms with E-state index in [9.17, 15) is 14.7 Å². The average molecular weight is 309 g/mol. The van der Waals surface area contributed by atoms with Crippen LogP contribution in [0.4, 0.5) is 5.69 Å². The Morgan fingerprint density at radius 2 is 2.00 bits per heavy atom. The highest BCUT2D eigenvalue weighted by Crippen LogP contribution is 2.21. The Kier molecular flexibility index (Phi) is 6.14. The first-order chi connectivity index (χ1) is 10.3. The molecule has 9 N–H and O–H groups in total. The van der Waals surface area contributed by atoms with Gasteiger partial charge in [-0.15, -0.1) is 0 Å². The molecule has 1 atom stereocenters. The Bertz CT molecular complexity index is 584. The number of nitrogens with two attached hydrogens (primary N) is 3. The summed E-state index contributed by atoms with van der Waals surface area (Å²) >= 11 is 0. The molecule has 0 saturated heterocycles. The van der Waals surface area contributed by atoms with Gasteiger partial charge in [0, 0.05) is 12.2 Å². The average Bonchev–Trinajstić information content (AvgIpc) is 2.44. The van der Waals surface area contributed by atoms with Crippen molar-refractivity contribution in [3.05, 3.63) is 23.8 Å². The zero-order valence-corrected chi connectivity index (χ0v) is 11.8. The van der Waals surface area contributed by atoms with Crippen LogP contribution in [0.1, 0.15) is 23.2 Å². The number of nitrogens with zero attached hydrogens (tertiary/aromatic N) is 1. The second-order valence-electron chi connectivity index (χ2n) is 4.58. The van der Waals surface area contributed by atoms with Crippen molar-refractivity contribution in [3.8, 4) is 5.75 Å². The fourth-order valence-corrected chi connectivity index (χ4v) is 1.67. The Morgan fingerprint density at radius 3 is 2.59 bits per heavy atom. The number of hydrogen-bond donors (Lipinski definition) is 6. The summed E-state index contributed by atoms with van der Waals surface area (Å²) in [7, 11) is 0. The van der Waals surface area contributed by atoms with E-state index in [0.29, 0.717) is 19.4 Å². The molecule has 0 radical (unpaired) electrons. The molecule has 1 rings (SSSR count). The molecule has 9 nitrogen and oxygen atoms in total. The van der Waals surface area contributed by atoms with Gasteiger partial charge in [0.2, 0.25) is 5.91 Å². The molecule has 0 aromatic heterocycles. The summed E-state index contributed by atoms with van der Waals surface area (Å²) in [5.41, 5.74) is 16.0. The maximum absolute atomic E-state index is 11.9. The van der Waals surface area contributed by atoms with Gasteiger partial charge in [0.1, 0.15) is 11.3 Å². The largest absolute Gasteiger partial charge is 0.507 e. The lowest BCUT2D eigenvalue weighted by molar-refractivity contribution is -0.117. The second-order valence-corrected chi connectivity index (χ2v) is 4.58. The number of aromatic hydroxyl groups is 1. The van der Waals surface area contributed by atoms with Crippen LogP contribution in [-0.4, -0.2) is 40.6 Å². The molecule has 0 heterocycles. The number of carboxylic acids is 1. The van der Waals surface area contributed by atoms with E-state index in [1.165, 1.54) is 12.1 Å². The van der Waals surface area contributed by atoms with E-state index in [2.05, 4.69) is 10.3 Å². The fourth-order valence-electron chi connectivity index (χ4n) is 1.67. The maximum Gasteiger partial charge on any atom is 0.339 e.